The van der Waals surface area contributed by atoms with Crippen molar-refractivity contribution in [2.45, 2.75) is 26.7 Å². The van der Waals surface area contributed by atoms with Crippen molar-refractivity contribution in [1.29, 1.82) is 0 Å². The van der Waals surface area contributed by atoms with Crippen LogP contribution in [0.15, 0.2) is 30.5 Å². The molecule has 3 aromatic heterocycles. The number of anilines is 4. The summed E-state index contributed by atoms with van der Waals surface area (Å²) >= 11 is 3.97. The molecule has 1 unspecified atom stereocenters. The average molecular weight is 634 g/mol. The van der Waals surface area contributed by atoms with Crippen molar-refractivity contribution in [2.75, 3.05) is 28.2 Å². The van der Waals surface area contributed by atoms with E-state index in [4.69, 9.17) is 9.97 Å². The number of halogens is 1. The van der Waals surface area contributed by atoms with Crippen molar-refractivity contribution < 1.29 is 4.79 Å². The molecule has 188 valence electrons. The summed E-state index contributed by atoms with van der Waals surface area (Å²) in [6, 6.07) is 8.25. The molecule has 9 nitrogen and oxygen atoms in total. The minimum atomic E-state index is 0.0338. The van der Waals surface area contributed by atoms with Gasteiger partial charge in [-0.25, -0.2) is 9.97 Å². The largest absolute Gasteiger partial charge is 0.352 e. The Bertz CT molecular complexity index is 1460. The maximum Gasteiger partial charge on any atom is 0.228 e. The Kier molecular flexibility index (Phi) is 7.15. The number of hydrogen-bond acceptors (Lipinski definition) is 7. The molecular weight excluding hydrogens is 606 g/mol. The van der Waals surface area contributed by atoms with Gasteiger partial charge in [0, 0.05) is 43.6 Å². The third kappa shape index (κ3) is 4.80. The van der Waals surface area contributed by atoms with Gasteiger partial charge < -0.3 is 14.9 Å². The van der Waals surface area contributed by atoms with Crippen molar-refractivity contribution in [3.63, 3.8) is 0 Å². The SMILES string of the molecule is CSN(C)c1cc(-c2cnn(C)c2C)ccc1Nc1cc(NC(=O)C2CC2)nc2c1nc(C)n2PI. The van der Waals surface area contributed by atoms with E-state index in [-0.39, 0.29) is 11.8 Å². The van der Waals surface area contributed by atoms with Crippen molar-refractivity contribution in [3.8, 4) is 11.1 Å². The van der Waals surface area contributed by atoms with Crippen molar-refractivity contribution in [1.82, 2.24) is 24.1 Å². The van der Waals surface area contributed by atoms with E-state index in [2.05, 4.69) is 71.5 Å². The third-order valence-corrected chi connectivity index (χ3v) is 9.39. The molecule has 0 radical (unpaired) electrons. The lowest BCUT2D eigenvalue weighted by Gasteiger charge is -2.22. The topological polar surface area (TPSA) is 92.9 Å². The molecule has 0 bridgehead atoms. The lowest BCUT2D eigenvalue weighted by Crippen LogP contribution is -2.15. The molecule has 3 heterocycles. The van der Waals surface area contributed by atoms with E-state index < -0.39 is 0 Å². The van der Waals surface area contributed by atoms with Crippen LogP contribution in [0, 0.1) is 19.8 Å². The number of pyridine rings is 1. The number of rotatable bonds is 8. The molecule has 0 saturated heterocycles. The molecule has 0 spiro atoms. The van der Waals surface area contributed by atoms with Gasteiger partial charge >= 0.3 is 0 Å². The summed E-state index contributed by atoms with van der Waals surface area (Å²) in [5.74, 6) is 1.57. The smallest absolute Gasteiger partial charge is 0.228 e. The van der Waals surface area contributed by atoms with Crippen molar-refractivity contribution in [2.24, 2.45) is 13.0 Å². The first-order chi connectivity index (χ1) is 17.3. The van der Waals surface area contributed by atoms with Gasteiger partial charge in [0.1, 0.15) is 17.2 Å². The van der Waals surface area contributed by atoms with Crippen LogP contribution in [0.5, 0.6) is 0 Å². The molecule has 1 aromatic carbocycles. The number of imidazole rings is 1. The summed E-state index contributed by atoms with van der Waals surface area (Å²) in [6.07, 6.45) is 6.29. The minimum Gasteiger partial charge on any atom is -0.352 e. The Hall–Kier alpha value is -2.37. The number of carbonyl (C=O) groups excluding carboxylic acids is 1. The van der Waals surface area contributed by atoms with Crippen LogP contribution in [0.3, 0.4) is 0 Å². The molecule has 1 fully saturated rings. The number of carbonyl (C=O) groups is 1. The molecule has 1 aliphatic rings. The normalized spacial score (nSPS) is 13.6. The molecule has 12 heteroatoms. The standard InChI is InChI=1S/C24H28IN8OPS/c1-13-17(12-26-31(13)3)16-8-9-18(20(10-16)32(4)36-5)28-19-11-21(30-24(34)15-6-7-15)29-23-22(19)27-14(2)33(23)35-25/h8-12,15,35H,6-7H2,1-5H3,(H2,28,29,30,34). The Morgan fingerprint density at radius 3 is 2.64 bits per heavy atom. The first kappa shape index (κ1) is 25.3. The molecular formula is C24H28IN8OPS. The van der Waals surface area contributed by atoms with Crippen LogP contribution in [0.1, 0.15) is 24.4 Å². The number of nitrogens with zero attached hydrogens (tertiary/aromatic N) is 6. The highest BCUT2D eigenvalue weighted by Crippen LogP contribution is 2.40. The van der Waals surface area contributed by atoms with Crippen LogP contribution < -0.4 is 14.9 Å². The van der Waals surface area contributed by atoms with Crippen LogP contribution in [0.2, 0.25) is 0 Å². The van der Waals surface area contributed by atoms with E-state index in [0.29, 0.717) is 12.2 Å². The Morgan fingerprint density at radius 1 is 1.22 bits per heavy atom. The van der Waals surface area contributed by atoms with E-state index in [9.17, 15) is 4.79 Å². The predicted molar refractivity (Wildman–Crippen MR) is 160 cm³/mol. The Balaban J connectivity index is 1.59. The quantitative estimate of drug-likeness (QED) is 0.139. The van der Waals surface area contributed by atoms with E-state index >= 15 is 0 Å². The van der Waals surface area contributed by atoms with Gasteiger partial charge in [0.2, 0.25) is 5.91 Å². The van der Waals surface area contributed by atoms with Crippen LogP contribution in [0.25, 0.3) is 22.3 Å². The number of nitrogens with one attached hydrogen (secondary N) is 2. The second-order valence-corrected chi connectivity index (χ2v) is 11.9. The maximum atomic E-state index is 12.5. The van der Waals surface area contributed by atoms with Gasteiger partial charge in [-0.05, 0) is 66.4 Å². The molecule has 5 rings (SSSR count). The fraction of sp³-hybridized carbons (Fsp3) is 0.333. The van der Waals surface area contributed by atoms with Gasteiger partial charge in [0.25, 0.3) is 0 Å². The summed E-state index contributed by atoms with van der Waals surface area (Å²) in [6.45, 7) is 4.06. The highest BCUT2D eigenvalue weighted by Gasteiger charge is 2.30. The molecule has 1 saturated carbocycles. The fourth-order valence-corrected chi connectivity index (χ4v) is 6.57. The van der Waals surface area contributed by atoms with Crippen LogP contribution in [-0.4, -0.2) is 43.3 Å². The van der Waals surface area contributed by atoms with E-state index in [1.807, 2.05) is 44.2 Å². The van der Waals surface area contributed by atoms with Gasteiger partial charge in [-0.1, -0.05) is 18.0 Å². The molecule has 1 amide bonds. The van der Waals surface area contributed by atoms with Gasteiger partial charge in [-0.3, -0.25) is 13.8 Å². The Labute approximate surface area is 229 Å². The molecule has 4 aromatic rings. The first-order valence-corrected chi connectivity index (χ1v) is 16.8. The average Bonchev–Trinajstić information content (AvgIpc) is 3.60. The predicted octanol–water partition coefficient (Wildman–Crippen LogP) is 6.05. The van der Waals surface area contributed by atoms with E-state index in [1.165, 1.54) is 0 Å². The molecule has 2 N–H and O–H groups in total. The van der Waals surface area contributed by atoms with Crippen molar-refractivity contribution in [3.05, 3.63) is 42.0 Å². The van der Waals surface area contributed by atoms with Gasteiger partial charge in [0.05, 0.1) is 29.6 Å². The summed E-state index contributed by atoms with van der Waals surface area (Å²) in [5, 5.41) is 11.0. The second kappa shape index (κ2) is 10.2. The highest BCUT2D eigenvalue weighted by molar-refractivity contribution is 14.2. The van der Waals surface area contributed by atoms with Crippen LogP contribution in [-0.2, 0) is 11.8 Å². The van der Waals surface area contributed by atoms with E-state index in [0.717, 1.165) is 63.7 Å². The zero-order chi connectivity index (χ0) is 25.6. The third-order valence-electron chi connectivity index (χ3n) is 6.49. The lowest BCUT2D eigenvalue weighted by atomic mass is 10.0. The monoisotopic (exact) mass is 634 g/mol. The van der Waals surface area contributed by atoms with Crippen LogP contribution >= 0.6 is 40.4 Å². The summed E-state index contributed by atoms with van der Waals surface area (Å²) in [7, 11) is 4.00. The first-order valence-electron chi connectivity index (χ1n) is 11.6. The number of fused-ring (bicyclic) bond motifs is 1. The van der Waals surface area contributed by atoms with Crippen molar-refractivity contribution >= 4 is 80.3 Å². The van der Waals surface area contributed by atoms with Gasteiger partial charge in [0.15, 0.2) is 5.65 Å². The highest BCUT2D eigenvalue weighted by atomic mass is 127. The summed E-state index contributed by atoms with van der Waals surface area (Å²) < 4.78 is 6.09. The number of amides is 1. The maximum absolute atomic E-state index is 12.5. The molecule has 36 heavy (non-hydrogen) atoms. The summed E-state index contributed by atoms with van der Waals surface area (Å²) in [4.78, 5) is 22.1. The number of aromatic nitrogens is 5. The second-order valence-electron chi connectivity index (χ2n) is 8.87. The van der Waals surface area contributed by atoms with Gasteiger partial charge in [-0.15, -0.1) is 0 Å². The number of aryl methyl sites for hydroxylation is 2. The lowest BCUT2D eigenvalue weighted by molar-refractivity contribution is -0.117. The van der Waals surface area contributed by atoms with Crippen LogP contribution in [0.4, 0.5) is 22.9 Å². The zero-order valence-corrected chi connectivity index (χ0v) is 24.7. The van der Waals surface area contributed by atoms with Gasteiger partial charge in [-0.2, -0.15) is 5.10 Å². The zero-order valence-electron chi connectivity index (χ0n) is 20.8. The summed E-state index contributed by atoms with van der Waals surface area (Å²) in [5.41, 5.74) is 7.64. The fourth-order valence-electron chi connectivity index (χ4n) is 4.08. The molecule has 0 aliphatic heterocycles. The Morgan fingerprint density at radius 2 is 2.00 bits per heavy atom. The number of hydrogen-bond donors (Lipinski definition) is 2. The van der Waals surface area contributed by atoms with E-state index in [1.54, 1.807) is 11.9 Å². The molecule has 1 atom stereocenters. The molecule has 1 aliphatic carbocycles. The number of benzene rings is 1. The minimum absolute atomic E-state index is 0.0338.